The van der Waals surface area contributed by atoms with E-state index in [1.807, 2.05) is 36.4 Å². The number of halogens is 3. The lowest BCUT2D eigenvalue weighted by Crippen LogP contribution is -2.40. The molecule has 132 valence electrons. The number of amides is 1. The number of piperidine rings is 1. The van der Waals surface area contributed by atoms with Crippen molar-refractivity contribution in [2.24, 2.45) is 5.92 Å². The zero-order chi connectivity index (χ0) is 17.8. The molecule has 1 amide bonds. The van der Waals surface area contributed by atoms with Crippen LogP contribution in [0.15, 0.2) is 46.9 Å². The van der Waals surface area contributed by atoms with Crippen LogP contribution in [-0.4, -0.2) is 23.9 Å². The van der Waals surface area contributed by atoms with E-state index in [4.69, 9.17) is 23.2 Å². The van der Waals surface area contributed by atoms with Gasteiger partial charge in [0.1, 0.15) is 0 Å². The number of anilines is 1. The van der Waals surface area contributed by atoms with E-state index >= 15 is 0 Å². The summed E-state index contributed by atoms with van der Waals surface area (Å²) in [7, 11) is 0. The van der Waals surface area contributed by atoms with Gasteiger partial charge in [-0.1, -0.05) is 35.3 Å². The SMILES string of the molecule is O=C(Nc1ccc(Br)c(Cl)c1)C1CCCN(Cc2ccc(Cl)cc2)C1. The van der Waals surface area contributed by atoms with Gasteiger partial charge in [-0.15, -0.1) is 0 Å². The van der Waals surface area contributed by atoms with Crippen molar-refractivity contribution in [3.05, 3.63) is 62.5 Å². The molecular weight excluding hydrogens is 423 g/mol. The Bertz CT molecular complexity index is 752. The monoisotopic (exact) mass is 440 g/mol. The Balaban J connectivity index is 1.59. The van der Waals surface area contributed by atoms with Crippen molar-refractivity contribution in [3.8, 4) is 0 Å². The Morgan fingerprint density at radius 3 is 2.68 bits per heavy atom. The van der Waals surface area contributed by atoms with Crippen LogP contribution in [0.5, 0.6) is 0 Å². The van der Waals surface area contributed by atoms with Crippen LogP contribution in [0.2, 0.25) is 10.0 Å². The van der Waals surface area contributed by atoms with Gasteiger partial charge in [0.25, 0.3) is 0 Å². The zero-order valence-electron chi connectivity index (χ0n) is 13.6. The normalized spacial score (nSPS) is 18.1. The Labute approximate surface area is 166 Å². The van der Waals surface area contributed by atoms with E-state index in [9.17, 15) is 4.79 Å². The minimum atomic E-state index is -0.0107. The van der Waals surface area contributed by atoms with Crippen LogP contribution in [0.25, 0.3) is 0 Å². The zero-order valence-corrected chi connectivity index (χ0v) is 16.7. The fraction of sp³-hybridized carbons (Fsp3) is 0.316. The minimum Gasteiger partial charge on any atom is -0.326 e. The third-order valence-electron chi connectivity index (χ3n) is 4.38. The number of carbonyl (C=O) groups is 1. The summed E-state index contributed by atoms with van der Waals surface area (Å²) in [6.45, 7) is 2.61. The molecule has 25 heavy (non-hydrogen) atoms. The lowest BCUT2D eigenvalue weighted by Gasteiger charge is -2.32. The van der Waals surface area contributed by atoms with Gasteiger partial charge in [0.05, 0.1) is 10.9 Å². The maximum absolute atomic E-state index is 12.6. The highest BCUT2D eigenvalue weighted by atomic mass is 79.9. The van der Waals surface area contributed by atoms with Crippen LogP contribution in [0, 0.1) is 5.92 Å². The molecule has 0 saturated carbocycles. The molecule has 2 aromatic carbocycles. The average molecular weight is 442 g/mol. The Hall–Kier alpha value is -1.07. The summed E-state index contributed by atoms with van der Waals surface area (Å²) in [5.74, 6) is 0.0441. The van der Waals surface area contributed by atoms with E-state index in [0.717, 1.165) is 47.7 Å². The van der Waals surface area contributed by atoms with Crippen molar-refractivity contribution in [2.75, 3.05) is 18.4 Å². The Kier molecular flexibility index (Phi) is 6.39. The standard InChI is InChI=1S/C19H19BrCl2N2O/c20-17-8-7-16(10-18(17)22)23-19(25)14-2-1-9-24(12-14)11-13-3-5-15(21)6-4-13/h3-8,10,14H,1-2,9,11-12H2,(H,23,25). The summed E-state index contributed by atoms with van der Waals surface area (Å²) in [6.07, 6.45) is 1.93. The number of benzene rings is 2. The van der Waals surface area contributed by atoms with Crippen molar-refractivity contribution in [1.29, 1.82) is 0 Å². The van der Waals surface area contributed by atoms with Crippen LogP contribution in [-0.2, 0) is 11.3 Å². The first-order valence-corrected chi connectivity index (χ1v) is 9.79. The van der Waals surface area contributed by atoms with E-state index in [1.54, 1.807) is 6.07 Å². The number of nitrogens with zero attached hydrogens (tertiary/aromatic N) is 1. The van der Waals surface area contributed by atoms with E-state index in [2.05, 4.69) is 26.1 Å². The maximum atomic E-state index is 12.6. The number of carbonyl (C=O) groups excluding carboxylic acids is 1. The summed E-state index contributed by atoms with van der Waals surface area (Å²) in [6, 6.07) is 13.3. The third-order valence-corrected chi connectivity index (χ3v) is 5.87. The first-order chi connectivity index (χ1) is 12.0. The topological polar surface area (TPSA) is 32.3 Å². The molecule has 0 bridgehead atoms. The van der Waals surface area contributed by atoms with Crippen molar-refractivity contribution < 1.29 is 4.79 Å². The van der Waals surface area contributed by atoms with Crippen molar-refractivity contribution in [2.45, 2.75) is 19.4 Å². The van der Waals surface area contributed by atoms with Gasteiger partial charge >= 0.3 is 0 Å². The van der Waals surface area contributed by atoms with Gasteiger partial charge in [0.2, 0.25) is 5.91 Å². The molecule has 1 N–H and O–H groups in total. The first kappa shape index (κ1) is 18.7. The summed E-state index contributed by atoms with van der Waals surface area (Å²) in [4.78, 5) is 14.9. The summed E-state index contributed by atoms with van der Waals surface area (Å²) in [5, 5.41) is 4.32. The summed E-state index contributed by atoms with van der Waals surface area (Å²) in [5.41, 5.74) is 1.94. The van der Waals surface area contributed by atoms with Crippen LogP contribution in [0.1, 0.15) is 18.4 Å². The van der Waals surface area contributed by atoms with Crippen LogP contribution in [0.3, 0.4) is 0 Å². The van der Waals surface area contributed by atoms with Gasteiger partial charge in [-0.25, -0.2) is 0 Å². The molecule has 1 unspecified atom stereocenters. The fourth-order valence-electron chi connectivity index (χ4n) is 3.08. The molecule has 1 atom stereocenters. The average Bonchev–Trinajstić information content (AvgIpc) is 2.60. The van der Waals surface area contributed by atoms with E-state index in [0.29, 0.717) is 5.02 Å². The molecule has 0 radical (unpaired) electrons. The van der Waals surface area contributed by atoms with Crippen molar-refractivity contribution >= 4 is 50.7 Å². The molecular formula is C19H19BrCl2N2O. The van der Waals surface area contributed by atoms with E-state index in [1.165, 1.54) is 5.56 Å². The third kappa shape index (κ3) is 5.20. The Morgan fingerprint density at radius 2 is 1.96 bits per heavy atom. The molecule has 2 aromatic rings. The number of nitrogens with one attached hydrogen (secondary N) is 1. The maximum Gasteiger partial charge on any atom is 0.228 e. The first-order valence-electron chi connectivity index (χ1n) is 8.24. The van der Waals surface area contributed by atoms with Crippen LogP contribution < -0.4 is 5.32 Å². The molecule has 6 heteroatoms. The molecule has 0 aliphatic carbocycles. The highest BCUT2D eigenvalue weighted by molar-refractivity contribution is 9.10. The molecule has 3 nitrogen and oxygen atoms in total. The van der Waals surface area contributed by atoms with Gasteiger partial charge in [-0.3, -0.25) is 9.69 Å². The highest BCUT2D eigenvalue weighted by Crippen LogP contribution is 2.27. The van der Waals surface area contributed by atoms with Crippen LogP contribution in [0.4, 0.5) is 5.69 Å². The number of hydrogen-bond acceptors (Lipinski definition) is 2. The summed E-state index contributed by atoms with van der Waals surface area (Å²) < 4.78 is 0.818. The second-order valence-electron chi connectivity index (χ2n) is 6.32. The Morgan fingerprint density at radius 1 is 1.20 bits per heavy atom. The second kappa shape index (κ2) is 8.54. The van der Waals surface area contributed by atoms with E-state index < -0.39 is 0 Å². The predicted octanol–water partition coefficient (Wildman–Crippen LogP) is 5.61. The predicted molar refractivity (Wildman–Crippen MR) is 107 cm³/mol. The van der Waals surface area contributed by atoms with Gasteiger partial charge in [0.15, 0.2) is 0 Å². The van der Waals surface area contributed by atoms with Gasteiger partial charge in [-0.05, 0) is 71.2 Å². The second-order valence-corrected chi connectivity index (χ2v) is 8.02. The van der Waals surface area contributed by atoms with Gasteiger partial charge < -0.3 is 5.32 Å². The van der Waals surface area contributed by atoms with Gasteiger partial charge in [0, 0.05) is 28.3 Å². The number of rotatable bonds is 4. The highest BCUT2D eigenvalue weighted by Gasteiger charge is 2.26. The fourth-order valence-corrected chi connectivity index (χ4v) is 3.63. The minimum absolute atomic E-state index is 0.0107. The molecule has 0 aromatic heterocycles. The van der Waals surface area contributed by atoms with Crippen molar-refractivity contribution in [3.63, 3.8) is 0 Å². The van der Waals surface area contributed by atoms with Gasteiger partial charge in [-0.2, -0.15) is 0 Å². The molecule has 1 aliphatic rings. The summed E-state index contributed by atoms with van der Waals surface area (Å²) >= 11 is 15.4. The molecule has 1 saturated heterocycles. The molecule has 1 aliphatic heterocycles. The lowest BCUT2D eigenvalue weighted by molar-refractivity contribution is -0.121. The molecule has 1 fully saturated rings. The largest absolute Gasteiger partial charge is 0.326 e. The number of hydrogen-bond donors (Lipinski definition) is 1. The van der Waals surface area contributed by atoms with E-state index in [-0.39, 0.29) is 11.8 Å². The van der Waals surface area contributed by atoms with Crippen LogP contribution >= 0.6 is 39.1 Å². The molecule has 0 spiro atoms. The molecule has 1 heterocycles. The van der Waals surface area contributed by atoms with Crippen molar-refractivity contribution in [1.82, 2.24) is 4.90 Å². The smallest absolute Gasteiger partial charge is 0.228 e. The number of likely N-dealkylation sites (tertiary alicyclic amines) is 1. The lowest BCUT2D eigenvalue weighted by atomic mass is 9.96. The molecule has 3 rings (SSSR count). The quantitative estimate of drug-likeness (QED) is 0.668.